The molecule has 0 aromatic heterocycles. The van der Waals surface area contributed by atoms with Crippen LogP contribution in [0.25, 0.3) is 0 Å². The van der Waals surface area contributed by atoms with Crippen molar-refractivity contribution in [2.75, 3.05) is 11.9 Å². The lowest BCUT2D eigenvalue weighted by Gasteiger charge is -2.14. The molecule has 1 atom stereocenters. The fourth-order valence-corrected chi connectivity index (χ4v) is 2.86. The highest BCUT2D eigenvalue weighted by molar-refractivity contribution is 5.95. The van der Waals surface area contributed by atoms with E-state index in [1.54, 1.807) is 6.07 Å². The topological polar surface area (TPSA) is 64.6 Å². The maximum atomic E-state index is 13.5. The van der Waals surface area contributed by atoms with Crippen molar-refractivity contribution in [3.05, 3.63) is 59.4 Å². The molecule has 0 aliphatic heterocycles. The molecule has 0 saturated heterocycles. The minimum Gasteiger partial charge on any atom is -0.482 e. The number of ether oxygens (including phenoxy) is 2. The van der Waals surface area contributed by atoms with Crippen LogP contribution in [0.5, 0.6) is 5.75 Å². The van der Waals surface area contributed by atoms with Gasteiger partial charge in [-0.2, -0.15) is 0 Å². The van der Waals surface area contributed by atoms with E-state index in [1.165, 1.54) is 36.2 Å². The normalized spacial score (nSPS) is 13.6. The maximum absolute atomic E-state index is 13.5. The van der Waals surface area contributed by atoms with Gasteiger partial charge in [0.2, 0.25) is 0 Å². The van der Waals surface area contributed by atoms with E-state index in [0.29, 0.717) is 5.75 Å². The molecular formula is C20H20FNO4. The summed E-state index contributed by atoms with van der Waals surface area (Å²) in [6.45, 7) is 1.12. The zero-order chi connectivity index (χ0) is 18.5. The Bertz CT molecular complexity index is 821. The SMILES string of the molecule is C[C@H](OC(=O)COc1ccc2c(c1)CCC2)C(=O)Nc1ccccc1F. The van der Waals surface area contributed by atoms with Crippen molar-refractivity contribution in [3.8, 4) is 5.75 Å². The Kier molecular flexibility index (Phi) is 5.51. The number of anilines is 1. The predicted molar refractivity (Wildman–Crippen MR) is 94.5 cm³/mol. The summed E-state index contributed by atoms with van der Waals surface area (Å²) in [4.78, 5) is 23.9. The third-order valence-electron chi connectivity index (χ3n) is 4.24. The molecule has 0 heterocycles. The van der Waals surface area contributed by atoms with Crippen molar-refractivity contribution in [1.29, 1.82) is 0 Å². The van der Waals surface area contributed by atoms with Crippen molar-refractivity contribution in [3.63, 3.8) is 0 Å². The van der Waals surface area contributed by atoms with Crippen molar-refractivity contribution in [2.24, 2.45) is 0 Å². The summed E-state index contributed by atoms with van der Waals surface area (Å²) < 4.78 is 24.0. The average molecular weight is 357 g/mol. The van der Waals surface area contributed by atoms with Gasteiger partial charge in [0.05, 0.1) is 5.69 Å². The van der Waals surface area contributed by atoms with E-state index in [4.69, 9.17) is 9.47 Å². The van der Waals surface area contributed by atoms with Gasteiger partial charge in [0.15, 0.2) is 12.7 Å². The molecule has 1 N–H and O–H groups in total. The second-order valence-electron chi connectivity index (χ2n) is 6.17. The minimum atomic E-state index is -1.06. The first-order valence-electron chi connectivity index (χ1n) is 8.52. The van der Waals surface area contributed by atoms with Crippen LogP contribution in [0.3, 0.4) is 0 Å². The predicted octanol–water partition coefficient (Wildman–Crippen LogP) is 3.26. The minimum absolute atomic E-state index is 0.0368. The molecule has 1 aliphatic rings. The first-order chi connectivity index (χ1) is 12.5. The average Bonchev–Trinajstić information content (AvgIpc) is 3.09. The fraction of sp³-hybridized carbons (Fsp3) is 0.300. The van der Waals surface area contributed by atoms with E-state index in [1.807, 2.05) is 18.2 Å². The molecule has 0 saturated carbocycles. The quantitative estimate of drug-likeness (QED) is 0.806. The van der Waals surface area contributed by atoms with E-state index in [0.717, 1.165) is 19.3 Å². The molecule has 0 spiro atoms. The van der Waals surface area contributed by atoms with E-state index >= 15 is 0 Å². The molecule has 0 radical (unpaired) electrons. The van der Waals surface area contributed by atoms with E-state index in [-0.39, 0.29) is 12.3 Å². The Balaban J connectivity index is 1.48. The molecular weight excluding hydrogens is 337 g/mol. The van der Waals surface area contributed by atoms with Crippen molar-refractivity contribution in [2.45, 2.75) is 32.3 Å². The molecule has 26 heavy (non-hydrogen) atoms. The van der Waals surface area contributed by atoms with Crippen LogP contribution >= 0.6 is 0 Å². The van der Waals surface area contributed by atoms with Gasteiger partial charge in [-0.05, 0) is 61.6 Å². The number of benzene rings is 2. The largest absolute Gasteiger partial charge is 0.482 e. The summed E-state index contributed by atoms with van der Waals surface area (Å²) in [6.07, 6.45) is 2.16. The lowest BCUT2D eigenvalue weighted by molar-refractivity contribution is -0.155. The Labute approximate surface area is 151 Å². The molecule has 3 rings (SSSR count). The van der Waals surface area contributed by atoms with Crippen LogP contribution in [-0.4, -0.2) is 24.6 Å². The summed E-state index contributed by atoms with van der Waals surface area (Å²) in [5.41, 5.74) is 2.60. The highest BCUT2D eigenvalue weighted by atomic mass is 19.1. The van der Waals surface area contributed by atoms with Crippen molar-refractivity contribution >= 4 is 17.6 Å². The van der Waals surface area contributed by atoms with Gasteiger partial charge in [-0.15, -0.1) is 0 Å². The third kappa shape index (κ3) is 4.39. The highest BCUT2D eigenvalue weighted by Crippen LogP contribution is 2.26. The van der Waals surface area contributed by atoms with Crippen LogP contribution in [0.1, 0.15) is 24.5 Å². The van der Waals surface area contributed by atoms with Crippen LogP contribution in [0.2, 0.25) is 0 Å². The number of halogens is 1. The smallest absolute Gasteiger partial charge is 0.344 e. The van der Waals surface area contributed by atoms with Crippen LogP contribution in [0.15, 0.2) is 42.5 Å². The second kappa shape index (κ2) is 7.99. The molecule has 1 amide bonds. The number of rotatable bonds is 6. The molecule has 5 nitrogen and oxygen atoms in total. The number of carbonyl (C=O) groups is 2. The van der Waals surface area contributed by atoms with E-state index in [2.05, 4.69) is 5.32 Å². The molecule has 136 valence electrons. The van der Waals surface area contributed by atoms with Gasteiger partial charge >= 0.3 is 5.97 Å². The number of nitrogens with one attached hydrogen (secondary N) is 1. The Morgan fingerprint density at radius 3 is 2.73 bits per heavy atom. The number of carbonyl (C=O) groups excluding carboxylic acids is 2. The van der Waals surface area contributed by atoms with E-state index in [9.17, 15) is 14.0 Å². The van der Waals surface area contributed by atoms with Crippen LogP contribution < -0.4 is 10.1 Å². The molecule has 2 aromatic rings. The Morgan fingerprint density at radius 2 is 1.92 bits per heavy atom. The number of para-hydroxylation sites is 1. The lowest BCUT2D eigenvalue weighted by atomic mass is 10.1. The summed E-state index contributed by atoms with van der Waals surface area (Å²) in [6, 6.07) is 11.5. The molecule has 0 fully saturated rings. The second-order valence-corrected chi connectivity index (χ2v) is 6.17. The van der Waals surface area contributed by atoms with Gasteiger partial charge in [0.25, 0.3) is 5.91 Å². The zero-order valence-electron chi connectivity index (χ0n) is 14.5. The van der Waals surface area contributed by atoms with Gasteiger partial charge in [-0.25, -0.2) is 9.18 Å². The third-order valence-corrected chi connectivity index (χ3v) is 4.24. The highest BCUT2D eigenvalue weighted by Gasteiger charge is 2.19. The molecule has 0 bridgehead atoms. The van der Waals surface area contributed by atoms with Crippen molar-refractivity contribution in [1.82, 2.24) is 0 Å². The monoisotopic (exact) mass is 357 g/mol. The summed E-state index contributed by atoms with van der Waals surface area (Å²) in [7, 11) is 0. The molecule has 6 heteroatoms. The molecule has 0 unspecified atom stereocenters. The number of hydrogen-bond donors (Lipinski definition) is 1. The van der Waals surface area contributed by atoms with Crippen LogP contribution in [0, 0.1) is 5.82 Å². The number of hydrogen-bond acceptors (Lipinski definition) is 4. The number of amides is 1. The van der Waals surface area contributed by atoms with Gasteiger partial charge < -0.3 is 14.8 Å². The zero-order valence-corrected chi connectivity index (χ0v) is 14.5. The maximum Gasteiger partial charge on any atom is 0.344 e. The van der Waals surface area contributed by atoms with Crippen LogP contribution in [0.4, 0.5) is 10.1 Å². The standard InChI is InChI=1S/C20H20FNO4/c1-13(20(24)22-18-8-3-2-7-17(18)21)26-19(23)12-25-16-10-9-14-5-4-6-15(14)11-16/h2-3,7-11,13H,4-6,12H2,1H3,(H,22,24)/t13-/m0/s1. The lowest BCUT2D eigenvalue weighted by Crippen LogP contribution is -2.31. The first kappa shape index (κ1) is 17.9. The van der Waals surface area contributed by atoms with Crippen LogP contribution in [-0.2, 0) is 27.2 Å². The molecule has 2 aromatic carbocycles. The van der Waals surface area contributed by atoms with Gasteiger partial charge in [0, 0.05) is 0 Å². The summed E-state index contributed by atoms with van der Waals surface area (Å²) in [5, 5.41) is 2.39. The number of aryl methyl sites for hydroxylation is 2. The van der Waals surface area contributed by atoms with Gasteiger partial charge in [-0.1, -0.05) is 18.2 Å². The Hall–Kier alpha value is -2.89. The number of esters is 1. The molecule has 1 aliphatic carbocycles. The van der Waals surface area contributed by atoms with Gasteiger partial charge in [-0.3, -0.25) is 4.79 Å². The van der Waals surface area contributed by atoms with E-state index < -0.39 is 23.8 Å². The summed E-state index contributed by atoms with van der Waals surface area (Å²) in [5.74, 6) is -1.23. The number of fused-ring (bicyclic) bond motifs is 1. The van der Waals surface area contributed by atoms with Crippen molar-refractivity contribution < 1.29 is 23.5 Å². The Morgan fingerprint density at radius 1 is 1.15 bits per heavy atom. The first-order valence-corrected chi connectivity index (χ1v) is 8.52. The fourth-order valence-electron chi connectivity index (χ4n) is 2.86. The van der Waals surface area contributed by atoms with Gasteiger partial charge in [0.1, 0.15) is 11.6 Å². The summed E-state index contributed by atoms with van der Waals surface area (Å²) >= 11 is 0.